The topological polar surface area (TPSA) is 113 Å². The first-order chi connectivity index (χ1) is 15.9. The van der Waals surface area contributed by atoms with Crippen LogP contribution in [0, 0.1) is 5.92 Å². The van der Waals surface area contributed by atoms with Crippen LogP contribution in [0.15, 0.2) is 47.3 Å². The number of ketones is 1. The number of ether oxygens (including phenoxy) is 2. The lowest BCUT2D eigenvalue weighted by Gasteiger charge is -2.18. The van der Waals surface area contributed by atoms with Crippen molar-refractivity contribution in [2.45, 2.75) is 104 Å². The normalized spacial score (nSPS) is 22.9. The summed E-state index contributed by atoms with van der Waals surface area (Å²) in [5, 5.41) is 30.6. The Bertz CT molecular complexity index is 804. The summed E-state index contributed by atoms with van der Waals surface area (Å²) in [4.78, 5) is 23.6. The number of carbonyl (C=O) groups is 2. The van der Waals surface area contributed by atoms with E-state index >= 15 is 0 Å². The molecule has 0 aromatic heterocycles. The molecule has 7 nitrogen and oxygen atoms in total. The van der Waals surface area contributed by atoms with Gasteiger partial charge in [0.25, 0.3) is 5.79 Å². The Morgan fingerprint density at radius 2 is 1.91 bits per heavy atom. The van der Waals surface area contributed by atoms with Crippen molar-refractivity contribution < 1.29 is 34.4 Å². The first-order valence-corrected chi connectivity index (χ1v) is 12.1. The maximum absolute atomic E-state index is 11.9. The lowest BCUT2D eigenvalue weighted by Crippen LogP contribution is -2.32. The van der Waals surface area contributed by atoms with E-state index in [2.05, 4.69) is 0 Å². The van der Waals surface area contributed by atoms with Gasteiger partial charge >= 0.3 is 5.97 Å². The molecular weight excluding hydrogens is 436 g/mol. The average Bonchev–Trinajstić information content (AvgIpc) is 2.95. The second kappa shape index (κ2) is 14.2. The van der Waals surface area contributed by atoms with Crippen LogP contribution in [0.1, 0.15) is 80.1 Å². The second-order valence-corrected chi connectivity index (χ2v) is 9.22. The molecule has 0 bridgehead atoms. The summed E-state index contributed by atoms with van der Waals surface area (Å²) in [6.07, 6.45) is 11.0. The van der Waals surface area contributed by atoms with Crippen molar-refractivity contribution in [3.63, 3.8) is 0 Å². The Labute approximate surface area is 203 Å². The molecule has 1 rings (SSSR count). The lowest BCUT2D eigenvalue weighted by molar-refractivity contribution is -0.171. The van der Waals surface area contributed by atoms with Crippen LogP contribution in [-0.2, 0) is 19.1 Å². The van der Waals surface area contributed by atoms with E-state index in [4.69, 9.17) is 9.47 Å². The number of rotatable bonds is 14. The van der Waals surface area contributed by atoms with Crippen LogP contribution in [0.4, 0.5) is 0 Å². The number of aliphatic hydroxyl groups excluding tert-OH is 2. The Hall–Kier alpha value is -2.22. The van der Waals surface area contributed by atoms with Gasteiger partial charge in [-0.1, -0.05) is 44.6 Å². The van der Waals surface area contributed by atoms with E-state index in [0.717, 1.165) is 18.4 Å². The third kappa shape index (κ3) is 9.95. The highest BCUT2D eigenvalue weighted by atomic mass is 16.6. The number of carbonyl (C=O) groups excluding carboxylic acids is 2. The molecule has 1 aliphatic rings. The molecule has 34 heavy (non-hydrogen) atoms. The van der Waals surface area contributed by atoms with E-state index in [1.165, 1.54) is 6.92 Å². The number of aliphatic hydroxyl groups is 3. The molecule has 0 spiro atoms. The smallest absolute Gasteiger partial charge is 0.306 e. The summed E-state index contributed by atoms with van der Waals surface area (Å²) in [5.41, 5.74) is 1.10. The van der Waals surface area contributed by atoms with Crippen molar-refractivity contribution in [3.05, 3.63) is 47.3 Å². The van der Waals surface area contributed by atoms with Crippen LogP contribution in [0.5, 0.6) is 0 Å². The first kappa shape index (κ1) is 29.8. The van der Waals surface area contributed by atoms with Gasteiger partial charge in [-0.15, -0.1) is 0 Å². The fraction of sp³-hybridized carbons (Fsp3) is 0.630. The number of Topliss-reactive ketones (excluding diaryl/α,β-unsaturated/α-hetero) is 1. The zero-order valence-corrected chi connectivity index (χ0v) is 21.4. The predicted molar refractivity (Wildman–Crippen MR) is 132 cm³/mol. The highest BCUT2D eigenvalue weighted by Crippen LogP contribution is 2.31. The zero-order valence-electron chi connectivity index (χ0n) is 21.4. The van der Waals surface area contributed by atoms with Gasteiger partial charge in [0.15, 0.2) is 0 Å². The van der Waals surface area contributed by atoms with Crippen molar-refractivity contribution in [3.8, 4) is 0 Å². The standard InChI is InChI=1S/C27H42O7/c1-7-8-15-24(29)33-20(4)16-19(3)25(30)18(2)13-11-9-10-12-14-22(28)17-23-21(5)26(31)27(6,32)34-23/h9-11,13,16,18,20,22,25,28,30,32H,7-8,12,14-15,17H2,1-6H3. The molecule has 5 atom stereocenters. The highest BCUT2D eigenvalue weighted by molar-refractivity contribution is 6.02. The van der Waals surface area contributed by atoms with Crippen LogP contribution in [0.3, 0.4) is 0 Å². The van der Waals surface area contributed by atoms with E-state index in [1.54, 1.807) is 19.9 Å². The van der Waals surface area contributed by atoms with E-state index in [-0.39, 0.29) is 24.4 Å². The SMILES string of the molecule is CCCCC(=O)OC(C)C=C(C)C(O)C(C)C=CC=CCCC(O)CC1=C(C)C(=O)C(C)(O)O1. The van der Waals surface area contributed by atoms with Gasteiger partial charge < -0.3 is 24.8 Å². The summed E-state index contributed by atoms with van der Waals surface area (Å²) in [5.74, 6) is -2.32. The van der Waals surface area contributed by atoms with E-state index < -0.39 is 23.8 Å². The van der Waals surface area contributed by atoms with Gasteiger partial charge in [0.05, 0.1) is 12.2 Å². The summed E-state index contributed by atoms with van der Waals surface area (Å²) >= 11 is 0. The third-order valence-electron chi connectivity index (χ3n) is 5.77. The maximum Gasteiger partial charge on any atom is 0.306 e. The van der Waals surface area contributed by atoms with Crippen molar-refractivity contribution in [1.29, 1.82) is 0 Å². The van der Waals surface area contributed by atoms with Crippen molar-refractivity contribution in [1.82, 2.24) is 0 Å². The number of unbranched alkanes of at least 4 members (excludes halogenated alkanes) is 1. The summed E-state index contributed by atoms with van der Waals surface area (Å²) in [7, 11) is 0. The van der Waals surface area contributed by atoms with Crippen LogP contribution < -0.4 is 0 Å². The van der Waals surface area contributed by atoms with Crippen molar-refractivity contribution >= 4 is 11.8 Å². The Morgan fingerprint density at radius 3 is 2.50 bits per heavy atom. The molecule has 7 heteroatoms. The van der Waals surface area contributed by atoms with Crippen molar-refractivity contribution in [2.24, 2.45) is 5.92 Å². The first-order valence-electron chi connectivity index (χ1n) is 12.1. The Morgan fingerprint density at radius 1 is 1.24 bits per heavy atom. The molecule has 0 aromatic carbocycles. The van der Waals surface area contributed by atoms with Gasteiger partial charge in [-0.25, -0.2) is 0 Å². The van der Waals surface area contributed by atoms with Crippen LogP contribution >= 0.6 is 0 Å². The largest absolute Gasteiger partial charge is 0.459 e. The van der Waals surface area contributed by atoms with E-state index in [0.29, 0.717) is 30.6 Å². The summed E-state index contributed by atoms with van der Waals surface area (Å²) in [6.45, 7) is 10.4. The number of allylic oxidation sites excluding steroid dienone is 3. The molecule has 0 saturated heterocycles. The molecule has 0 fully saturated rings. The van der Waals surface area contributed by atoms with E-state index in [9.17, 15) is 24.9 Å². The third-order valence-corrected chi connectivity index (χ3v) is 5.77. The van der Waals surface area contributed by atoms with Crippen molar-refractivity contribution in [2.75, 3.05) is 0 Å². The molecule has 0 aliphatic carbocycles. The Kier molecular flexibility index (Phi) is 12.5. The minimum absolute atomic E-state index is 0.130. The highest BCUT2D eigenvalue weighted by Gasteiger charge is 2.42. The van der Waals surface area contributed by atoms with Crippen LogP contribution in [0.25, 0.3) is 0 Å². The minimum atomic E-state index is -1.84. The average molecular weight is 479 g/mol. The summed E-state index contributed by atoms with van der Waals surface area (Å²) < 4.78 is 10.6. The number of hydrogen-bond acceptors (Lipinski definition) is 7. The van der Waals surface area contributed by atoms with Gasteiger partial charge in [0, 0.05) is 31.3 Å². The van der Waals surface area contributed by atoms with Gasteiger partial charge in [-0.2, -0.15) is 0 Å². The molecule has 3 N–H and O–H groups in total. The molecule has 192 valence electrons. The summed E-state index contributed by atoms with van der Waals surface area (Å²) in [6, 6.07) is 0. The molecule has 1 heterocycles. The molecule has 0 saturated carbocycles. The fourth-order valence-electron chi connectivity index (χ4n) is 3.66. The number of hydrogen-bond donors (Lipinski definition) is 3. The fourth-order valence-corrected chi connectivity index (χ4v) is 3.66. The van der Waals surface area contributed by atoms with Crippen LogP contribution in [0.2, 0.25) is 0 Å². The van der Waals surface area contributed by atoms with Gasteiger partial charge in [-0.05, 0) is 51.7 Å². The molecule has 0 amide bonds. The number of esters is 1. The lowest BCUT2D eigenvalue weighted by atomic mass is 9.97. The molecule has 0 aromatic rings. The molecular formula is C27H42O7. The maximum atomic E-state index is 11.9. The monoisotopic (exact) mass is 478 g/mol. The molecule has 1 aliphatic heterocycles. The quantitative estimate of drug-likeness (QED) is 0.194. The second-order valence-electron chi connectivity index (χ2n) is 9.22. The Balaban J connectivity index is 2.42. The van der Waals surface area contributed by atoms with Gasteiger partial charge in [0.1, 0.15) is 11.9 Å². The predicted octanol–water partition coefficient (Wildman–Crippen LogP) is 4.28. The van der Waals surface area contributed by atoms with Gasteiger partial charge in [0.2, 0.25) is 5.78 Å². The molecule has 5 unspecified atom stereocenters. The minimum Gasteiger partial charge on any atom is -0.459 e. The molecule has 0 radical (unpaired) electrons. The zero-order chi connectivity index (χ0) is 25.9. The van der Waals surface area contributed by atoms with Crippen LogP contribution in [-0.4, -0.2) is 51.2 Å². The van der Waals surface area contributed by atoms with E-state index in [1.807, 2.05) is 45.1 Å². The van der Waals surface area contributed by atoms with Gasteiger partial charge in [-0.3, -0.25) is 9.59 Å².